The van der Waals surface area contributed by atoms with Gasteiger partial charge in [0, 0.05) is 6.07 Å². The molecule has 0 saturated heterocycles. The van der Waals surface area contributed by atoms with Gasteiger partial charge in [-0.3, -0.25) is 9.59 Å². The monoisotopic (exact) mass is 411 g/mol. The molecular weight excluding hydrogens is 386 g/mol. The number of benzene rings is 2. The quantitative estimate of drug-likeness (QED) is 0.649. The number of hydrogen-bond donors (Lipinski definition) is 2. The third kappa shape index (κ3) is 4.99. The zero-order valence-corrected chi connectivity index (χ0v) is 17.2. The van der Waals surface area contributed by atoms with E-state index in [4.69, 9.17) is 14.2 Å². The van der Waals surface area contributed by atoms with Crippen LogP contribution < -0.4 is 19.5 Å². The summed E-state index contributed by atoms with van der Waals surface area (Å²) >= 11 is 0. The van der Waals surface area contributed by atoms with Crippen LogP contribution in [0.25, 0.3) is 6.08 Å². The Balaban J connectivity index is 1.65. The fraction of sp³-hybridized carbons (Fsp3) is 0.304. The number of nitrogens with one attached hydrogen (secondary N) is 1. The topological polar surface area (TPSA) is 94.1 Å². The second kappa shape index (κ2) is 9.45. The van der Waals surface area contributed by atoms with E-state index in [2.05, 4.69) is 5.32 Å². The van der Waals surface area contributed by atoms with Crippen molar-refractivity contribution in [1.29, 1.82) is 0 Å². The highest BCUT2D eigenvalue weighted by Gasteiger charge is 2.28. The van der Waals surface area contributed by atoms with E-state index in [-0.39, 0.29) is 42.6 Å². The molecule has 1 heterocycles. The maximum Gasteiger partial charge on any atom is 0.258 e. The number of hydrogen-bond acceptors (Lipinski definition) is 6. The van der Waals surface area contributed by atoms with Gasteiger partial charge in [-0.1, -0.05) is 26.0 Å². The Hall–Kier alpha value is -3.32. The van der Waals surface area contributed by atoms with Crippen molar-refractivity contribution in [1.82, 2.24) is 5.32 Å². The van der Waals surface area contributed by atoms with E-state index in [9.17, 15) is 14.7 Å². The Bertz CT molecular complexity index is 949. The first-order valence-electron chi connectivity index (χ1n) is 9.66. The Morgan fingerprint density at radius 2 is 1.87 bits per heavy atom. The number of aliphatic hydroxyl groups excluding tert-OH is 1. The lowest BCUT2D eigenvalue weighted by Gasteiger charge is -2.19. The van der Waals surface area contributed by atoms with Crippen LogP contribution in [-0.4, -0.2) is 43.2 Å². The molecule has 1 aliphatic heterocycles. The van der Waals surface area contributed by atoms with Crippen LogP contribution in [0.15, 0.2) is 48.2 Å². The normalized spacial score (nSPS) is 15.0. The van der Waals surface area contributed by atoms with E-state index in [1.165, 1.54) is 0 Å². The van der Waals surface area contributed by atoms with Gasteiger partial charge in [-0.05, 0) is 41.8 Å². The van der Waals surface area contributed by atoms with Gasteiger partial charge in [0.1, 0.15) is 17.2 Å². The fourth-order valence-electron chi connectivity index (χ4n) is 2.93. The highest BCUT2D eigenvalue weighted by atomic mass is 16.5. The molecule has 158 valence electrons. The van der Waals surface area contributed by atoms with E-state index < -0.39 is 0 Å². The fourth-order valence-corrected chi connectivity index (χ4v) is 2.93. The van der Waals surface area contributed by atoms with Crippen LogP contribution >= 0.6 is 0 Å². The van der Waals surface area contributed by atoms with Crippen molar-refractivity contribution < 1.29 is 28.9 Å². The van der Waals surface area contributed by atoms with Crippen molar-refractivity contribution >= 4 is 17.8 Å². The Morgan fingerprint density at radius 1 is 1.17 bits per heavy atom. The largest absolute Gasteiger partial charge is 0.497 e. The van der Waals surface area contributed by atoms with Gasteiger partial charge in [-0.15, -0.1) is 0 Å². The van der Waals surface area contributed by atoms with Gasteiger partial charge in [-0.2, -0.15) is 0 Å². The van der Waals surface area contributed by atoms with Gasteiger partial charge >= 0.3 is 0 Å². The standard InChI is InChI=1S/C23H25NO6/c1-14(2)19(12-25)24-22(26)13-29-17-8-9-18-20(11-17)30-21(23(18)27)10-15-4-6-16(28-3)7-5-15/h4-11,14,19,25H,12-13H2,1-3H3,(H,24,26)/t19-/m1/s1. The number of amides is 1. The van der Waals surface area contributed by atoms with Crippen LogP contribution in [0.1, 0.15) is 29.8 Å². The molecule has 1 amide bonds. The van der Waals surface area contributed by atoms with E-state index in [1.807, 2.05) is 26.0 Å². The number of allylic oxidation sites excluding steroid dienone is 1. The molecule has 0 saturated carbocycles. The molecule has 2 N–H and O–H groups in total. The second-order valence-corrected chi connectivity index (χ2v) is 7.26. The number of carbonyl (C=O) groups excluding carboxylic acids is 2. The summed E-state index contributed by atoms with van der Waals surface area (Å²) in [6.45, 7) is 3.48. The summed E-state index contributed by atoms with van der Waals surface area (Å²) in [5.41, 5.74) is 1.25. The molecule has 0 aliphatic carbocycles. The number of Topliss-reactive ketones (excluding diaryl/α,β-unsaturated/α-hetero) is 1. The van der Waals surface area contributed by atoms with Gasteiger partial charge in [0.2, 0.25) is 5.78 Å². The molecule has 2 aromatic rings. The molecule has 7 nitrogen and oxygen atoms in total. The van der Waals surface area contributed by atoms with Crippen molar-refractivity contribution in [3.8, 4) is 17.2 Å². The van der Waals surface area contributed by atoms with Gasteiger partial charge in [0.15, 0.2) is 12.4 Å². The van der Waals surface area contributed by atoms with Crippen LogP contribution in [0.3, 0.4) is 0 Å². The zero-order chi connectivity index (χ0) is 21.7. The predicted octanol–water partition coefficient (Wildman–Crippen LogP) is 2.82. The number of aliphatic hydroxyl groups is 1. The van der Waals surface area contributed by atoms with Gasteiger partial charge in [0.05, 0.1) is 25.3 Å². The number of rotatable bonds is 8. The molecule has 0 fully saturated rings. The summed E-state index contributed by atoms with van der Waals surface area (Å²) in [4.78, 5) is 24.6. The lowest BCUT2D eigenvalue weighted by molar-refractivity contribution is -0.124. The number of ketones is 1. The maximum atomic E-state index is 12.6. The Morgan fingerprint density at radius 3 is 2.50 bits per heavy atom. The van der Waals surface area contributed by atoms with E-state index in [1.54, 1.807) is 43.5 Å². The number of fused-ring (bicyclic) bond motifs is 1. The summed E-state index contributed by atoms with van der Waals surface area (Å²) in [6, 6.07) is 11.8. The number of carbonyl (C=O) groups is 2. The van der Waals surface area contributed by atoms with Crippen molar-refractivity contribution in [2.24, 2.45) is 5.92 Å². The van der Waals surface area contributed by atoms with Crippen LogP contribution in [0.2, 0.25) is 0 Å². The first-order valence-corrected chi connectivity index (χ1v) is 9.66. The summed E-state index contributed by atoms with van der Waals surface area (Å²) in [5.74, 6) is 1.29. The third-order valence-electron chi connectivity index (χ3n) is 4.77. The molecular formula is C23H25NO6. The average molecular weight is 411 g/mol. The summed E-state index contributed by atoms with van der Waals surface area (Å²) < 4.78 is 16.4. The lowest BCUT2D eigenvalue weighted by Crippen LogP contribution is -2.43. The first kappa shape index (κ1) is 21.4. The van der Waals surface area contributed by atoms with E-state index in [0.29, 0.717) is 17.1 Å². The minimum atomic E-state index is -0.333. The highest BCUT2D eigenvalue weighted by molar-refractivity contribution is 6.14. The Kier molecular flexibility index (Phi) is 6.74. The lowest BCUT2D eigenvalue weighted by atomic mass is 10.1. The summed E-state index contributed by atoms with van der Waals surface area (Å²) in [6.07, 6.45) is 1.66. The molecule has 0 spiro atoms. The second-order valence-electron chi connectivity index (χ2n) is 7.26. The molecule has 2 aromatic carbocycles. The van der Waals surface area contributed by atoms with Crippen LogP contribution in [0, 0.1) is 5.92 Å². The molecule has 30 heavy (non-hydrogen) atoms. The van der Waals surface area contributed by atoms with Crippen LogP contribution in [-0.2, 0) is 4.79 Å². The van der Waals surface area contributed by atoms with Crippen molar-refractivity contribution in [2.75, 3.05) is 20.3 Å². The third-order valence-corrected chi connectivity index (χ3v) is 4.77. The van der Waals surface area contributed by atoms with Gasteiger partial charge < -0.3 is 24.6 Å². The zero-order valence-electron chi connectivity index (χ0n) is 17.2. The SMILES string of the molecule is COc1ccc(C=C2Oc3cc(OCC(=O)N[C@H](CO)C(C)C)ccc3C2=O)cc1. The molecule has 0 aromatic heterocycles. The van der Waals surface area contributed by atoms with E-state index in [0.717, 1.165) is 11.3 Å². The van der Waals surface area contributed by atoms with E-state index >= 15 is 0 Å². The summed E-state index contributed by atoms with van der Waals surface area (Å²) in [5, 5.41) is 12.0. The molecule has 0 unspecified atom stereocenters. The van der Waals surface area contributed by atoms with Crippen molar-refractivity contribution in [3.63, 3.8) is 0 Å². The minimum absolute atomic E-state index is 0.106. The van der Waals surface area contributed by atoms with Gasteiger partial charge in [-0.25, -0.2) is 0 Å². The predicted molar refractivity (Wildman–Crippen MR) is 112 cm³/mol. The number of methoxy groups -OCH3 is 1. The molecule has 3 rings (SSSR count). The Labute approximate surface area is 175 Å². The molecule has 1 atom stereocenters. The smallest absolute Gasteiger partial charge is 0.258 e. The molecule has 0 bridgehead atoms. The molecule has 0 radical (unpaired) electrons. The minimum Gasteiger partial charge on any atom is -0.497 e. The molecule has 7 heteroatoms. The summed E-state index contributed by atoms with van der Waals surface area (Å²) in [7, 11) is 1.59. The highest BCUT2D eigenvalue weighted by Crippen LogP contribution is 2.35. The molecule has 1 aliphatic rings. The maximum absolute atomic E-state index is 12.6. The van der Waals surface area contributed by atoms with Gasteiger partial charge in [0.25, 0.3) is 5.91 Å². The van der Waals surface area contributed by atoms with Crippen LogP contribution in [0.5, 0.6) is 17.2 Å². The average Bonchev–Trinajstić information content (AvgIpc) is 3.05. The van der Waals surface area contributed by atoms with Crippen molar-refractivity contribution in [3.05, 3.63) is 59.4 Å². The first-order chi connectivity index (χ1) is 14.4. The van der Waals surface area contributed by atoms with Crippen molar-refractivity contribution in [2.45, 2.75) is 19.9 Å². The van der Waals surface area contributed by atoms with Crippen LogP contribution in [0.4, 0.5) is 0 Å². The number of ether oxygens (including phenoxy) is 3.